The maximum Gasteiger partial charge on any atom is 0.264 e. The lowest BCUT2D eigenvalue weighted by atomic mass is 10.0. The summed E-state index contributed by atoms with van der Waals surface area (Å²) in [6.45, 7) is 1.82. The summed E-state index contributed by atoms with van der Waals surface area (Å²) >= 11 is 7.61. The number of hydrogen-bond donors (Lipinski definition) is 1. The van der Waals surface area contributed by atoms with E-state index in [-0.39, 0.29) is 29.5 Å². The van der Waals surface area contributed by atoms with Gasteiger partial charge in [-0.3, -0.25) is 13.9 Å². The summed E-state index contributed by atoms with van der Waals surface area (Å²) < 4.78 is 35.0. The van der Waals surface area contributed by atoms with E-state index in [9.17, 15) is 18.0 Å². The normalized spacial score (nSPS) is 11.8. The topological polar surface area (TPSA) is 96.0 Å². The Hall–Kier alpha value is -3.99. The maximum absolute atomic E-state index is 14.4. The molecule has 0 aliphatic rings. The van der Waals surface area contributed by atoms with Crippen molar-refractivity contribution in [1.82, 2.24) is 10.2 Å². The molecule has 0 aromatic heterocycles. The number of rotatable bonds is 14. The Bertz CT molecular complexity index is 1670. The summed E-state index contributed by atoms with van der Waals surface area (Å²) in [7, 11) is -2.69. The maximum atomic E-state index is 14.4. The number of nitrogens with zero attached hydrogens (tertiary/aromatic N) is 2. The smallest absolute Gasteiger partial charge is 0.264 e. The minimum Gasteiger partial charge on any atom is -0.494 e. The van der Waals surface area contributed by atoms with E-state index < -0.39 is 28.5 Å². The highest BCUT2D eigenvalue weighted by Gasteiger charge is 2.34. The number of carbonyl (C=O) groups excluding carboxylic acids is 2. The molecule has 0 heterocycles. The number of sulfonamides is 1. The third kappa shape index (κ3) is 8.81. The quantitative estimate of drug-likeness (QED) is 0.165. The van der Waals surface area contributed by atoms with Crippen LogP contribution in [0.25, 0.3) is 0 Å². The van der Waals surface area contributed by atoms with Crippen molar-refractivity contribution in [3.8, 4) is 5.75 Å². The van der Waals surface area contributed by atoms with Gasteiger partial charge in [0.2, 0.25) is 11.8 Å². The molecular formula is C34H36ClN3O5S2. The first-order valence-electron chi connectivity index (χ1n) is 14.3. The van der Waals surface area contributed by atoms with Gasteiger partial charge >= 0.3 is 0 Å². The lowest BCUT2D eigenvalue weighted by molar-refractivity contribution is -0.139. The zero-order valence-electron chi connectivity index (χ0n) is 25.4. The highest BCUT2D eigenvalue weighted by atomic mass is 35.5. The van der Waals surface area contributed by atoms with Crippen LogP contribution in [0.2, 0.25) is 5.02 Å². The molecular weight excluding hydrogens is 630 g/mol. The monoisotopic (exact) mass is 665 g/mol. The van der Waals surface area contributed by atoms with Crippen molar-refractivity contribution in [2.45, 2.75) is 35.7 Å². The molecule has 0 fully saturated rings. The van der Waals surface area contributed by atoms with Gasteiger partial charge in [0.1, 0.15) is 18.3 Å². The van der Waals surface area contributed by atoms with E-state index in [2.05, 4.69) is 5.32 Å². The Balaban J connectivity index is 1.78. The largest absolute Gasteiger partial charge is 0.494 e. The molecule has 4 aromatic rings. The summed E-state index contributed by atoms with van der Waals surface area (Å²) in [5.74, 6) is -0.349. The first kappa shape index (κ1) is 33.9. The molecule has 236 valence electrons. The van der Waals surface area contributed by atoms with Gasteiger partial charge < -0.3 is 15.0 Å². The molecule has 0 aliphatic carbocycles. The number of thioether (sulfide) groups is 1. The molecule has 0 unspecified atom stereocenters. The second-order valence-electron chi connectivity index (χ2n) is 10.1. The van der Waals surface area contributed by atoms with Crippen LogP contribution in [0, 0.1) is 0 Å². The number of carbonyl (C=O) groups is 2. The Morgan fingerprint density at radius 3 is 2.11 bits per heavy atom. The Kier molecular flexibility index (Phi) is 11.9. The van der Waals surface area contributed by atoms with E-state index in [0.717, 1.165) is 20.3 Å². The summed E-state index contributed by atoms with van der Waals surface area (Å²) in [5.41, 5.74) is 1.87. The number of nitrogens with one attached hydrogen (secondary N) is 1. The van der Waals surface area contributed by atoms with E-state index in [0.29, 0.717) is 17.4 Å². The highest BCUT2D eigenvalue weighted by Crippen LogP contribution is 2.28. The summed E-state index contributed by atoms with van der Waals surface area (Å²) in [6.07, 6.45) is 2.13. The van der Waals surface area contributed by atoms with E-state index in [1.54, 1.807) is 60.7 Å². The molecule has 0 aliphatic heterocycles. The number of anilines is 1. The van der Waals surface area contributed by atoms with Crippen molar-refractivity contribution in [3.05, 3.63) is 119 Å². The number of halogens is 1. The molecule has 0 radical (unpaired) electrons. The van der Waals surface area contributed by atoms with Gasteiger partial charge in [-0.2, -0.15) is 0 Å². The van der Waals surface area contributed by atoms with Crippen molar-refractivity contribution in [3.63, 3.8) is 0 Å². The van der Waals surface area contributed by atoms with E-state index >= 15 is 0 Å². The van der Waals surface area contributed by atoms with Gasteiger partial charge in [0, 0.05) is 29.9 Å². The van der Waals surface area contributed by atoms with E-state index in [1.807, 2.05) is 43.5 Å². The zero-order chi connectivity index (χ0) is 32.4. The van der Waals surface area contributed by atoms with Crippen LogP contribution >= 0.6 is 23.4 Å². The summed E-state index contributed by atoms with van der Waals surface area (Å²) in [6, 6.07) is 28.5. The Morgan fingerprint density at radius 1 is 0.889 bits per heavy atom. The molecule has 0 saturated carbocycles. The molecule has 45 heavy (non-hydrogen) atoms. The van der Waals surface area contributed by atoms with Crippen LogP contribution in [0.5, 0.6) is 5.75 Å². The molecule has 2 amide bonds. The minimum atomic E-state index is -4.20. The van der Waals surface area contributed by atoms with Crippen molar-refractivity contribution in [2.24, 2.45) is 0 Å². The zero-order valence-corrected chi connectivity index (χ0v) is 27.7. The van der Waals surface area contributed by atoms with Crippen LogP contribution in [0.1, 0.15) is 18.1 Å². The van der Waals surface area contributed by atoms with Gasteiger partial charge in [-0.1, -0.05) is 54.1 Å². The fourth-order valence-electron chi connectivity index (χ4n) is 4.79. The van der Waals surface area contributed by atoms with Crippen LogP contribution in [-0.4, -0.2) is 57.6 Å². The Labute approximate surface area is 274 Å². The molecule has 0 bridgehead atoms. The molecule has 0 spiro atoms. The SMILES string of the molecule is CCOc1ccc(N(CC(=O)N(Cc2ccc(Cl)cc2)[C@@H](Cc2ccccc2)C(=O)NC)S(=O)(=O)c2ccc(SC)cc2)cc1. The van der Waals surface area contributed by atoms with Gasteiger partial charge in [0.15, 0.2) is 0 Å². The van der Waals surface area contributed by atoms with Gasteiger partial charge in [0.05, 0.1) is 17.2 Å². The van der Waals surface area contributed by atoms with Crippen LogP contribution in [0.15, 0.2) is 113 Å². The van der Waals surface area contributed by atoms with E-state index in [4.69, 9.17) is 16.3 Å². The van der Waals surface area contributed by atoms with Crippen LogP contribution < -0.4 is 14.4 Å². The molecule has 0 saturated heterocycles. The number of ether oxygens (including phenoxy) is 1. The molecule has 11 heteroatoms. The first-order chi connectivity index (χ1) is 21.7. The lowest BCUT2D eigenvalue weighted by Gasteiger charge is -2.33. The first-order valence-corrected chi connectivity index (χ1v) is 17.4. The third-order valence-electron chi connectivity index (χ3n) is 7.15. The lowest BCUT2D eigenvalue weighted by Crippen LogP contribution is -2.53. The molecule has 4 aromatic carbocycles. The van der Waals surface area contributed by atoms with Gasteiger partial charge in [0.25, 0.3) is 10.0 Å². The second-order valence-corrected chi connectivity index (χ2v) is 13.3. The third-order valence-corrected chi connectivity index (χ3v) is 9.93. The van der Waals surface area contributed by atoms with Crippen LogP contribution in [0.3, 0.4) is 0 Å². The second kappa shape index (κ2) is 15.8. The molecule has 1 N–H and O–H groups in total. The minimum absolute atomic E-state index is 0.0402. The van der Waals surface area contributed by atoms with Crippen molar-refractivity contribution in [1.29, 1.82) is 0 Å². The van der Waals surface area contributed by atoms with Crippen LogP contribution in [0.4, 0.5) is 5.69 Å². The number of benzene rings is 4. The average Bonchev–Trinajstić information content (AvgIpc) is 3.06. The predicted molar refractivity (Wildman–Crippen MR) is 180 cm³/mol. The van der Waals surface area contributed by atoms with E-state index in [1.165, 1.54) is 35.8 Å². The standard InChI is InChI=1S/C34H36ClN3O5S2/c1-4-43-29-16-14-28(15-17-29)38(45(41,42)31-20-18-30(44-3)19-21-31)24-33(39)37(23-26-10-12-27(35)13-11-26)32(34(40)36-2)22-25-8-6-5-7-9-25/h5-21,32H,4,22-24H2,1-3H3,(H,36,40)/t32-/m0/s1. The number of amides is 2. The molecule has 8 nitrogen and oxygen atoms in total. The van der Waals surface area contributed by atoms with Gasteiger partial charge in [-0.15, -0.1) is 11.8 Å². The fraction of sp³-hybridized carbons (Fsp3) is 0.235. The fourth-order valence-corrected chi connectivity index (χ4v) is 6.73. The Morgan fingerprint density at radius 2 is 1.53 bits per heavy atom. The molecule has 1 atom stereocenters. The highest BCUT2D eigenvalue weighted by molar-refractivity contribution is 7.98. The number of likely N-dealkylation sites (N-methyl/N-ethyl adjacent to an activating group) is 1. The van der Waals surface area contributed by atoms with Crippen molar-refractivity contribution >= 4 is 50.9 Å². The van der Waals surface area contributed by atoms with Crippen molar-refractivity contribution in [2.75, 3.05) is 30.8 Å². The molecule has 4 rings (SSSR count). The average molecular weight is 666 g/mol. The summed E-state index contributed by atoms with van der Waals surface area (Å²) in [5, 5.41) is 3.22. The summed E-state index contributed by atoms with van der Waals surface area (Å²) in [4.78, 5) is 30.1. The van der Waals surface area contributed by atoms with Crippen molar-refractivity contribution < 1.29 is 22.7 Å². The van der Waals surface area contributed by atoms with Gasteiger partial charge in [-0.25, -0.2) is 8.42 Å². The van der Waals surface area contributed by atoms with Crippen LogP contribution in [-0.2, 0) is 32.6 Å². The van der Waals surface area contributed by atoms with Gasteiger partial charge in [-0.05, 0) is 85.0 Å². The number of hydrogen-bond acceptors (Lipinski definition) is 6. The predicted octanol–water partition coefficient (Wildman–Crippen LogP) is 6.04.